The molecule has 70 valence electrons. The lowest BCUT2D eigenvalue weighted by molar-refractivity contribution is -0.132. The maximum Gasteiger partial charge on any atom is 0.344 e. The molecule has 0 spiro atoms. The van der Waals surface area contributed by atoms with Crippen LogP contribution in [0.15, 0.2) is 24.3 Å². The molecular formula is C8H5Cl3O2. The fraction of sp³-hybridized carbons (Fsp3) is 0.125. The Kier molecular flexibility index (Phi) is 3.85. The molecule has 0 radical (unpaired) electrons. The molecule has 1 aromatic carbocycles. The summed E-state index contributed by atoms with van der Waals surface area (Å²) in [4.78, 5) is 9.71. The third kappa shape index (κ3) is 3.43. The lowest BCUT2D eigenvalue weighted by atomic mass is 10.3. The first kappa shape index (κ1) is 10.6. The van der Waals surface area contributed by atoms with Gasteiger partial charge in [-0.1, -0.05) is 40.9 Å². The van der Waals surface area contributed by atoms with Crippen LogP contribution in [0.2, 0.25) is 5.02 Å². The van der Waals surface area contributed by atoms with Gasteiger partial charge in [0.15, 0.2) is 0 Å². The summed E-state index contributed by atoms with van der Waals surface area (Å²) in [6.07, 6.45) is 0. The minimum Gasteiger partial charge on any atom is -0.424 e. The van der Waals surface area contributed by atoms with E-state index in [4.69, 9.17) is 39.5 Å². The Balaban J connectivity index is 2.69. The van der Waals surface area contributed by atoms with E-state index in [1.165, 1.54) is 6.07 Å². The highest BCUT2D eigenvalue weighted by atomic mass is 35.5. The molecule has 5 heteroatoms. The zero-order valence-electron chi connectivity index (χ0n) is 6.34. The molecule has 0 saturated carbocycles. The van der Waals surface area contributed by atoms with Gasteiger partial charge in [-0.3, -0.25) is 0 Å². The standard InChI is InChI=1S/C8H5Cl3O2/c9-5-2-1-3-6(4-5)13-8(12)7(10)11/h1-4,7H. The Morgan fingerprint density at radius 2 is 2.08 bits per heavy atom. The Morgan fingerprint density at radius 3 is 2.62 bits per heavy atom. The van der Waals surface area contributed by atoms with Crippen LogP contribution in [-0.4, -0.2) is 10.8 Å². The summed E-state index contributed by atoms with van der Waals surface area (Å²) in [6.45, 7) is 0. The highest BCUT2D eigenvalue weighted by molar-refractivity contribution is 6.53. The summed E-state index contributed by atoms with van der Waals surface area (Å²) in [5.41, 5.74) is 0. The highest BCUT2D eigenvalue weighted by Crippen LogP contribution is 2.18. The van der Waals surface area contributed by atoms with Gasteiger partial charge in [0.2, 0.25) is 4.84 Å². The molecule has 0 amide bonds. The number of halogens is 3. The summed E-state index contributed by atoms with van der Waals surface area (Å²) in [5, 5.41) is 0.478. The predicted octanol–water partition coefficient (Wildman–Crippen LogP) is 3.05. The van der Waals surface area contributed by atoms with Crippen LogP contribution in [0.4, 0.5) is 0 Å². The van der Waals surface area contributed by atoms with Gasteiger partial charge in [0, 0.05) is 5.02 Å². The lowest BCUT2D eigenvalue weighted by Gasteiger charge is -2.03. The van der Waals surface area contributed by atoms with Gasteiger partial charge in [0.25, 0.3) is 0 Å². The van der Waals surface area contributed by atoms with Crippen molar-refractivity contribution in [1.29, 1.82) is 0 Å². The molecule has 1 aromatic rings. The molecule has 0 N–H and O–H groups in total. The van der Waals surface area contributed by atoms with Crippen molar-refractivity contribution in [3.05, 3.63) is 29.3 Å². The Hall–Kier alpha value is -0.440. The molecule has 0 bridgehead atoms. The van der Waals surface area contributed by atoms with Crippen molar-refractivity contribution >= 4 is 40.8 Å². The summed E-state index contributed by atoms with van der Waals surface area (Å²) < 4.78 is 4.77. The maximum absolute atomic E-state index is 10.9. The second-order valence-electron chi connectivity index (χ2n) is 2.18. The van der Waals surface area contributed by atoms with Gasteiger partial charge in [0.1, 0.15) is 5.75 Å². The quantitative estimate of drug-likeness (QED) is 0.450. The van der Waals surface area contributed by atoms with Gasteiger partial charge in [-0.05, 0) is 18.2 Å². The monoisotopic (exact) mass is 238 g/mol. The molecule has 13 heavy (non-hydrogen) atoms. The van der Waals surface area contributed by atoms with E-state index < -0.39 is 10.8 Å². The van der Waals surface area contributed by atoms with E-state index in [2.05, 4.69) is 0 Å². The Bertz CT molecular complexity index is 312. The lowest BCUT2D eigenvalue weighted by Crippen LogP contribution is -2.15. The molecule has 0 aliphatic heterocycles. The number of rotatable bonds is 2. The predicted molar refractivity (Wildman–Crippen MR) is 52.6 cm³/mol. The fourth-order valence-corrected chi connectivity index (χ4v) is 0.961. The third-order valence-electron chi connectivity index (χ3n) is 1.19. The molecular weight excluding hydrogens is 234 g/mol. The number of ether oxygens (including phenoxy) is 1. The van der Waals surface area contributed by atoms with Crippen LogP contribution in [0, 0.1) is 0 Å². The van der Waals surface area contributed by atoms with E-state index in [0.717, 1.165) is 0 Å². The number of hydrogen-bond donors (Lipinski definition) is 0. The van der Waals surface area contributed by atoms with Gasteiger partial charge in [-0.25, -0.2) is 4.79 Å². The van der Waals surface area contributed by atoms with Gasteiger partial charge in [-0.15, -0.1) is 0 Å². The zero-order chi connectivity index (χ0) is 9.84. The van der Waals surface area contributed by atoms with E-state index in [-0.39, 0.29) is 0 Å². The SMILES string of the molecule is O=C(Oc1cccc(Cl)c1)C(Cl)Cl. The van der Waals surface area contributed by atoms with Crippen LogP contribution < -0.4 is 4.74 Å². The van der Waals surface area contributed by atoms with Crippen molar-refractivity contribution in [1.82, 2.24) is 0 Å². The highest BCUT2D eigenvalue weighted by Gasteiger charge is 2.13. The number of esters is 1. The molecule has 2 nitrogen and oxygen atoms in total. The minimum absolute atomic E-state index is 0.323. The van der Waals surface area contributed by atoms with Crippen molar-refractivity contribution < 1.29 is 9.53 Å². The second kappa shape index (κ2) is 4.70. The molecule has 1 rings (SSSR count). The molecule has 0 heterocycles. The van der Waals surface area contributed by atoms with Crippen LogP contribution in [0.3, 0.4) is 0 Å². The smallest absolute Gasteiger partial charge is 0.344 e. The van der Waals surface area contributed by atoms with E-state index >= 15 is 0 Å². The second-order valence-corrected chi connectivity index (χ2v) is 3.71. The van der Waals surface area contributed by atoms with Crippen molar-refractivity contribution in [2.24, 2.45) is 0 Å². The average Bonchev–Trinajstić information content (AvgIpc) is 2.04. The zero-order valence-corrected chi connectivity index (χ0v) is 8.60. The van der Waals surface area contributed by atoms with E-state index in [9.17, 15) is 4.79 Å². The number of hydrogen-bond acceptors (Lipinski definition) is 2. The van der Waals surface area contributed by atoms with E-state index in [0.29, 0.717) is 10.8 Å². The van der Waals surface area contributed by atoms with Gasteiger partial charge < -0.3 is 4.74 Å². The number of carbonyl (C=O) groups excluding carboxylic acids is 1. The molecule has 0 aromatic heterocycles. The molecule has 0 fully saturated rings. The largest absolute Gasteiger partial charge is 0.424 e. The first-order valence-electron chi connectivity index (χ1n) is 3.35. The van der Waals surface area contributed by atoms with Crippen LogP contribution in [0.1, 0.15) is 0 Å². The molecule has 0 aliphatic rings. The van der Waals surface area contributed by atoms with Crippen LogP contribution >= 0.6 is 34.8 Å². The van der Waals surface area contributed by atoms with Gasteiger partial charge >= 0.3 is 5.97 Å². The van der Waals surface area contributed by atoms with E-state index in [1.54, 1.807) is 18.2 Å². The van der Waals surface area contributed by atoms with Crippen molar-refractivity contribution in [3.63, 3.8) is 0 Å². The topological polar surface area (TPSA) is 26.3 Å². The molecule has 0 aliphatic carbocycles. The van der Waals surface area contributed by atoms with Crippen LogP contribution in [0.25, 0.3) is 0 Å². The number of carbonyl (C=O) groups is 1. The van der Waals surface area contributed by atoms with E-state index in [1.807, 2.05) is 0 Å². The summed E-state index contributed by atoms with van der Waals surface area (Å²) in [6, 6.07) is 6.40. The molecule has 0 unspecified atom stereocenters. The van der Waals surface area contributed by atoms with Crippen molar-refractivity contribution in [2.75, 3.05) is 0 Å². The molecule has 0 atom stereocenters. The summed E-state index contributed by atoms with van der Waals surface area (Å²) in [5.74, 6) is -0.394. The van der Waals surface area contributed by atoms with Crippen molar-refractivity contribution in [3.8, 4) is 5.75 Å². The van der Waals surface area contributed by atoms with Gasteiger partial charge in [0.05, 0.1) is 0 Å². The fourth-order valence-electron chi connectivity index (χ4n) is 0.691. The average molecular weight is 239 g/mol. The Morgan fingerprint density at radius 1 is 1.38 bits per heavy atom. The first-order chi connectivity index (χ1) is 6.09. The first-order valence-corrected chi connectivity index (χ1v) is 4.60. The maximum atomic E-state index is 10.9. The summed E-state index contributed by atoms with van der Waals surface area (Å²) in [7, 11) is 0. The number of benzene rings is 1. The van der Waals surface area contributed by atoms with Gasteiger partial charge in [-0.2, -0.15) is 0 Å². The Labute approximate surface area is 90.3 Å². The third-order valence-corrected chi connectivity index (χ3v) is 1.78. The van der Waals surface area contributed by atoms with Crippen molar-refractivity contribution in [2.45, 2.75) is 4.84 Å². The minimum atomic E-state index is -1.18. The normalized spacial score (nSPS) is 10.2. The van der Waals surface area contributed by atoms with Crippen LogP contribution in [-0.2, 0) is 4.79 Å². The summed E-state index contributed by atoms with van der Waals surface area (Å²) >= 11 is 16.2. The molecule has 0 saturated heterocycles. The number of alkyl halides is 2. The van der Waals surface area contributed by atoms with Crippen LogP contribution in [0.5, 0.6) is 5.75 Å².